The van der Waals surface area contributed by atoms with Gasteiger partial charge in [0.05, 0.1) is 0 Å². The van der Waals surface area contributed by atoms with Gasteiger partial charge in [0.1, 0.15) is 6.04 Å². The topological polar surface area (TPSA) is 31.1 Å². The van der Waals surface area contributed by atoms with Crippen molar-refractivity contribution < 1.29 is 4.79 Å². The normalized spacial score (nSPS) is 20.9. The second kappa shape index (κ2) is 8.03. The molecule has 1 rings (SSSR count). The molecule has 1 aliphatic rings. The first-order chi connectivity index (χ1) is 9.45. The van der Waals surface area contributed by atoms with Gasteiger partial charge in [0, 0.05) is 38.3 Å². The molecule has 0 aromatic rings. The average molecular weight is 278 g/mol. The van der Waals surface area contributed by atoms with Crippen LogP contribution in [0.2, 0.25) is 0 Å². The minimum Gasteiger partial charge on any atom is -0.326 e. The second-order valence-electron chi connectivity index (χ2n) is 5.78. The summed E-state index contributed by atoms with van der Waals surface area (Å²) in [4.78, 5) is 21.9. The molecule has 0 N–H and O–H groups in total. The van der Waals surface area contributed by atoms with Crippen LogP contribution in [-0.2, 0) is 4.79 Å². The van der Waals surface area contributed by atoms with Gasteiger partial charge in [-0.2, -0.15) is 0 Å². The third-order valence-corrected chi connectivity index (χ3v) is 3.56. The zero-order valence-electron chi connectivity index (χ0n) is 13.0. The molecular weight excluding hydrogens is 252 g/mol. The van der Waals surface area contributed by atoms with E-state index < -0.39 is 0 Å². The van der Waals surface area contributed by atoms with Gasteiger partial charge < -0.3 is 14.6 Å². The van der Waals surface area contributed by atoms with Crippen LogP contribution in [-0.4, -0.2) is 79.5 Å². The van der Waals surface area contributed by atoms with Crippen molar-refractivity contribution in [2.45, 2.75) is 25.9 Å². The number of hydrogen-bond donors (Lipinski definition) is 0. The van der Waals surface area contributed by atoms with Crippen molar-refractivity contribution in [2.75, 3.05) is 46.8 Å². The van der Waals surface area contributed by atoms with Gasteiger partial charge >= 0.3 is 0 Å². The molecule has 112 valence electrons. The molecule has 0 unspecified atom stereocenters. The Morgan fingerprint density at radius 2 is 2.15 bits per heavy atom. The van der Waals surface area contributed by atoms with Crippen LogP contribution in [0, 0.1) is 6.57 Å². The molecule has 1 aliphatic heterocycles. The lowest BCUT2D eigenvalue weighted by Crippen LogP contribution is -2.57. The first-order valence-electron chi connectivity index (χ1n) is 7.14. The van der Waals surface area contributed by atoms with Gasteiger partial charge in [-0.05, 0) is 27.9 Å². The molecule has 20 heavy (non-hydrogen) atoms. The molecule has 0 saturated carbocycles. The van der Waals surface area contributed by atoms with Crippen LogP contribution in [0.3, 0.4) is 0 Å². The van der Waals surface area contributed by atoms with Gasteiger partial charge in [0.25, 0.3) is 0 Å². The molecule has 1 heterocycles. The molecule has 1 fully saturated rings. The largest absolute Gasteiger partial charge is 0.326 e. The van der Waals surface area contributed by atoms with E-state index in [4.69, 9.17) is 6.57 Å². The van der Waals surface area contributed by atoms with E-state index in [-0.39, 0.29) is 11.9 Å². The van der Waals surface area contributed by atoms with Crippen LogP contribution in [0.5, 0.6) is 0 Å². The van der Waals surface area contributed by atoms with Gasteiger partial charge in [0.15, 0.2) is 0 Å². The highest BCUT2D eigenvalue weighted by Gasteiger charge is 2.32. The van der Waals surface area contributed by atoms with Crippen molar-refractivity contribution in [3.05, 3.63) is 23.6 Å². The van der Waals surface area contributed by atoms with Crippen molar-refractivity contribution in [1.29, 1.82) is 0 Å². The summed E-state index contributed by atoms with van der Waals surface area (Å²) in [5, 5.41) is 0. The molecule has 5 heteroatoms. The predicted octanol–water partition coefficient (Wildman–Crippen LogP) is 0.945. The maximum absolute atomic E-state index is 12.2. The maximum Gasteiger partial charge on any atom is 0.246 e. The van der Waals surface area contributed by atoms with Crippen LogP contribution in [0.4, 0.5) is 0 Å². The average Bonchev–Trinajstić information content (AvgIpc) is 2.38. The van der Waals surface area contributed by atoms with E-state index in [0.29, 0.717) is 19.1 Å². The lowest BCUT2D eigenvalue weighted by molar-refractivity contribution is -0.130. The Hall–Kier alpha value is -1.38. The van der Waals surface area contributed by atoms with Gasteiger partial charge in [-0.3, -0.25) is 9.69 Å². The number of carbonyl (C=O) groups excluding carboxylic acids is 1. The quantitative estimate of drug-likeness (QED) is 0.554. The van der Waals surface area contributed by atoms with Crippen LogP contribution < -0.4 is 0 Å². The van der Waals surface area contributed by atoms with Crippen molar-refractivity contribution in [3.8, 4) is 0 Å². The van der Waals surface area contributed by atoms with Crippen LogP contribution in [0.25, 0.3) is 4.85 Å². The summed E-state index contributed by atoms with van der Waals surface area (Å²) >= 11 is 0. The summed E-state index contributed by atoms with van der Waals surface area (Å²) in [6.45, 7) is 14.9. The van der Waals surface area contributed by atoms with Crippen LogP contribution in [0.15, 0.2) is 12.2 Å². The molecular formula is C15H26N4O. The number of nitrogens with zero attached hydrogens (tertiary/aromatic N) is 4. The van der Waals surface area contributed by atoms with E-state index in [1.165, 1.54) is 0 Å². The Bertz CT molecular complexity index is 384. The third kappa shape index (κ3) is 4.95. The summed E-state index contributed by atoms with van der Waals surface area (Å²) in [5.74, 6) is 0.0314. The highest BCUT2D eigenvalue weighted by molar-refractivity contribution is 5.88. The molecule has 0 radical (unpaired) electrons. The predicted molar refractivity (Wildman–Crippen MR) is 81.4 cm³/mol. The van der Waals surface area contributed by atoms with Gasteiger partial charge in [-0.25, -0.2) is 6.57 Å². The highest BCUT2D eigenvalue weighted by atomic mass is 16.2. The number of rotatable bonds is 5. The minimum atomic E-state index is 0.0140. The SMILES string of the molecule is [C-]#[N+]C[C@@H]1CN(C(C)C)CCN1C(=O)/C=C/CN(C)C. The lowest BCUT2D eigenvalue weighted by Gasteiger charge is -2.40. The molecule has 1 amide bonds. The Morgan fingerprint density at radius 1 is 1.45 bits per heavy atom. The Kier molecular flexibility index (Phi) is 6.69. The molecule has 0 aromatic heterocycles. The first kappa shape index (κ1) is 16.7. The number of piperazine rings is 1. The van der Waals surface area contributed by atoms with E-state index in [9.17, 15) is 4.79 Å². The Balaban J connectivity index is 2.65. The zero-order valence-corrected chi connectivity index (χ0v) is 13.0. The molecule has 0 aliphatic carbocycles. The molecule has 1 saturated heterocycles. The zero-order chi connectivity index (χ0) is 15.1. The summed E-state index contributed by atoms with van der Waals surface area (Å²) in [6, 6.07) is 0.477. The third-order valence-electron chi connectivity index (χ3n) is 3.56. The highest BCUT2D eigenvalue weighted by Crippen LogP contribution is 2.13. The summed E-state index contributed by atoms with van der Waals surface area (Å²) < 4.78 is 0. The molecule has 1 atom stereocenters. The monoisotopic (exact) mass is 278 g/mol. The van der Waals surface area contributed by atoms with Gasteiger partial charge in [0.2, 0.25) is 12.5 Å². The van der Waals surface area contributed by atoms with Gasteiger partial charge in [-0.15, -0.1) is 0 Å². The van der Waals surface area contributed by atoms with Crippen molar-refractivity contribution in [2.24, 2.45) is 0 Å². The number of likely N-dealkylation sites (N-methyl/N-ethyl adjacent to an activating group) is 1. The lowest BCUT2D eigenvalue weighted by atomic mass is 10.1. The Labute approximate surface area is 122 Å². The Morgan fingerprint density at radius 3 is 2.70 bits per heavy atom. The number of hydrogen-bond acceptors (Lipinski definition) is 3. The summed E-state index contributed by atoms with van der Waals surface area (Å²) in [7, 11) is 3.94. The number of amides is 1. The van der Waals surface area contributed by atoms with E-state index in [1.807, 2.05) is 30.0 Å². The van der Waals surface area contributed by atoms with Crippen molar-refractivity contribution in [3.63, 3.8) is 0 Å². The minimum absolute atomic E-state index is 0.0140. The first-order valence-corrected chi connectivity index (χ1v) is 7.14. The summed E-state index contributed by atoms with van der Waals surface area (Å²) in [5.41, 5.74) is 0. The molecule has 5 nitrogen and oxygen atoms in total. The molecule has 0 aromatic carbocycles. The maximum atomic E-state index is 12.2. The smallest absolute Gasteiger partial charge is 0.246 e. The van der Waals surface area contributed by atoms with E-state index >= 15 is 0 Å². The molecule has 0 bridgehead atoms. The van der Waals surface area contributed by atoms with Crippen molar-refractivity contribution in [1.82, 2.24) is 14.7 Å². The fraction of sp³-hybridized carbons (Fsp3) is 0.733. The number of carbonyl (C=O) groups is 1. The van der Waals surface area contributed by atoms with E-state index in [0.717, 1.165) is 19.6 Å². The standard InChI is InChI=1S/C15H26N4O/c1-13(2)18-9-10-19(14(12-18)11-16-3)15(20)7-6-8-17(4)5/h6-7,13-14H,8-12H2,1-2,4-5H3/b7-6+/t14-/m1/s1. The summed E-state index contributed by atoms with van der Waals surface area (Å²) in [6.07, 6.45) is 3.52. The van der Waals surface area contributed by atoms with E-state index in [1.54, 1.807) is 6.08 Å². The van der Waals surface area contributed by atoms with Gasteiger partial charge in [-0.1, -0.05) is 6.08 Å². The molecule has 0 spiro atoms. The van der Waals surface area contributed by atoms with Crippen molar-refractivity contribution >= 4 is 5.91 Å². The van der Waals surface area contributed by atoms with Crippen LogP contribution in [0.1, 0.15) is 13.8 Å². The van der Waals surface area contributed by atoms with E-state index in [2.05, 4.69) is 23.6 Å². The van der Waals surface area contributed by atoms with Crippen LogP contribution >= 0.6 is 0 Å². The fourth-order valence-electron chi connectivity index (χ4n) is 2.36. The second-order valence-corrected chi connectivity index (χ2v) is 5.78. The fourth-order valence-corrected chi connectivity index (χ4v) is 2.36.